The van der Waals surface area contributed by atoms with E-state index in [0.29, 0.717) is 0 Å². The summed E-state index contributed by atoms with van der Waals surface area (Å²) in [6, 6.07) is 13.1. The van der Waals surface area contributed by atoms with Crippen molar-refractivity contribution in [1.82, 2.24) is 0 Å². The van der Waals surface area contributed by atoms with Gasteiger partial charge in [0, 0.05) is 0 Å². The molecule has 4 nitrogen and oxygen atoms in total. The quantitative estimate of drug-likeness (QED) is 0.807. The summed E-state index contributed by atoms with van der Waals surface area (Å²) < 4.78 is 34.4. The molecule has 0 radical (unpaired) electrons. The molecule has 0 aliphatic carbocycles. The zero-order chi connectivity index (χ0) is 13.9. The Balaban J connectivity index is 2.35. The van der Waals surface area contributed by atoms with Crippen molar-refractivity contribution >= 4 is 10.1 Å². The molecule has 0 atom stereocenters. The molecule has 0 amide bonds. The Labute approximate surface area is 112 Å². The van der Waals surface area contributed by atoms with Gasteiger partial charge in [-0.15, -0.1) is 0 Å². The Morgan fingerprint density at radius 2 is 1.58 bits per heavy atom. The topological polar surface area (TPSA) is 52.6 Å². The van der Waals surface area contributed by atoms with Crippen LogP contribution in [0.25, 0.3) is 0 Å². The average Bonchev–Trinajstić information content (AvgIpc) is 2.41. The van der Waals surface area contributed by atoms with Gasteiger partial charge in [0.05, 0.1) is 7.11 Å². The number of aryl methyl sites for hydroxylation is 1. The maximum Gasteiger partial charge on any atom is 0.342 e. The van der Waals surface area contributed by atoms with E-state index in [-0.39, 0.29) is 16.4 Å². The van der Waals surface area contributed by atoms with E-state index in [1.54, 1.807) is 42.5 Å². The first-order valence-electron chi connectivity index (χ1n) is 5.67. The molecule has 2 aromatic carbocycles. The van der Waals surface area contributed by atoms with E-state index in [9.17, 15) is 8.42 Å². The molecule has 0 fully saturated rings. The predicted molar refractivity (Wildman–Crippen MR) is 72.0 cm³/mol. The highest BCUT2D eigenvalue weighted by Crippen LogP contribution is 2.26. The van der Waals surface area contributed by atoms with E-state index in [4.69, 9.17) is 8.92 Å². The third-order valence-corrected chi connectivity index (χ3v) is 3.85. The van der Waals surface area contributed by atoms with Crippen molar-refractivity contribution in [2.45, 2.75) is 11.8 Å². The smallest absolute Gasteiger partial charge is 0.342 e. The number of ether oxygens (including phenoxy) is 1. The van der Waals surface area contributed by atoms with Gasteiger partial charge < -0.3 is 8.92 Å². The molecule has 19 heavy (non-hydrogen) atoms. The van der Waals surface area contributed by atoms with Crippen LogP contribution in [0.1, 0.15) is 5.56 Å². The van der Waals surface area contributed by atoms with Gasteiger partial charge in [-0.1, -0.05) is 29.8 Å². The molecule has 100 valence electrons. The van der Waals surface area contributed by atoms with Crippen molar-refractivity contribution < 1.29 is 17.3 Å². The van der Waals surface area contributed by atoms with E-state index in [2.05, 4.69) is 0 Å². The van der Waals surface area contributed by atoms with E-state index in [1.165, 1.54) is 13.2 Å². The fraction of sp³-hybridized carbons (Fsp3) is 0.143. The maximum atomic E-state index is 12.2. The van der Waals surface area contributed by atoms with Crippen LogP contribution in [0.4, 0.5) is 0 Å². The van der Waals surface area contributed by atoms with Gasteiger partial charge in [0.25, 0.3) is 0 Å². The molecule has 2 aromatic rings. The van der Waals surface area contributed by atoms with Crippen LogP contribution in [0.2, 0.25) is 0 Å². The van der Waals surface area contributed by atoms with Crippen LogP contribution in [0.15, 0.2) is 53.4 Å². The Hall–Kier alpha value is -2.01. The van der Waals surface area contributed by atoms with E-state index in [1.807, 2.05) is 6.92 Å². The van der Waals surface area contributed by atoms with Crippen LogP contribution in [-0.4, -0.2) is 15.5 Å². The summed E-state index contributed by atoms with van der Waals surface area (Å²) in [6.07, 6.45) is 0. The number of rotatable bonds is 4. The van der Waals surface area contributed by atoms with E-state index in [0.717, 1.165) is 5.56 Å². The van der Waals surface area contributed by atoms with Crippen molar-refractivity contribution in [3.05, 3.63) is 54.1 Å². The molecule has 0 N–H and O–H groups in total. The van der Waals surface area contributed by atoms with Crippen molar-refractivity contribution in [2.75, 3.05) is 7.11 Å². The molecule has 0 heterocycles. The summed E-state index contributed by atoms with van der Waals surface area (Å²) in [6.45, 7) is 1.92. The van der Waals surface area contributed by atoms with Gasteiger partial charge in [-0.05, 0) is 31.2 Å². The minimum absolute atomic E-state index is 0.0121. The maximum absolute atomic E-state index is 12.2. The molecular weight excluding hydrogens is 264 g/mol. The molecule has 0 unspecified atom stereocenters. The van der Waals surface area contributed by atoms with Crippen molar-refractivity contribution in [3.8, 4) is 11.5 Å². The highest BCUT2D eigenvalue weighted by atomic mass is 32.2. The number of para-hydroxylation sites is 1. The minimum Gasteiger partial charge on any atom is -0.495 e. The van der Waals surface area contributed by atoms with Crippen LogP contribution in [0.5, 0.6) is 11.5 Å². The van der Waals surface area contributed by atoms with Crippen molar-refractivity contribution in [1.29, 1.82) is 0 Å². The van der Waals surface area contributed by atoms with Gasteiger partial charge in [0.15, 0.2) is 0 Å². The molecule has 0 aromatic heterocycles. The van der Waals surface area contributed by atoms with Crippen molar-refractivity contribution in [2.24, 2.45) is 0 Å². The molecule has 0 bridgehead atoms. The first kappa shape index (κ1) is 13.4. The molecule has 5 heteroatoms. The Kier molecular flexibility index (Phi) is 3.76. The predicted octanol–water partition coefficient (Wildman–Crippen LogP) is 2.77. The third-order valence-electron chi connectivity index (χ3n) is 2.57. The fourth-order valence-electron chi connectivity index (χ4n) is 1.59. The van der Waals surface area contributed by atoms with Crippen LogP contribution >= 0.6 is 0 Å². The lowest BCUT2D eigenvalue weighted by atomic mass is 10.2. The first-order chi connectivity index (χ1) is 9.03. The van der Waals surface area contributed by atoms with Gasteiger partial charge in [-0.25, -0.2) is 0 Å². The summed E-state index contributed by atoms with van der Waals surface area (Å²) in [4.78, 5) is 0.0121. The molecule has 0 aliphatic heterocycles. The lowest BCUT2D eigenvalue weighted by molar-refractivity contribution is 0.398. The summed E-state index contributed by atoms with van der Waals surface area (Å²) >= 11 is 0. The van der Waals surface area contributed by atoms with E-state index < -0.39 is 10.1 Å². The molecule has 0 saturated carbocycles. The zero-order valence-electron chi connectivity index (χ0n) is 10.7. The average molecular weight is 278 g/mol. The van der Waals surface area contributed by atoms with Crippen molar-refractivity contribution in [3.63, 3.8) is 0 Å². The minimum atomic E-state index is -3.89. The number of benzene rings is 2. The number of hydrogen-bond acceptors (Lipinski definition) is 4. The summed E-state index contributed by atoms with van der Waals surface area (Å²) in [5.41, 5.74) is 1.03. The fourth-order valence-corrected chi connectivity index (χ4v) is 2.69. The second-order valence-electron chi connectivity index (χ2n) is 4.00. The molecule has 0 aliphatic rings. The van der Waals surface area contributed by atoms with Gasteiger partial charge in [0.1, 0.15) is 16.4 Å². The summed E-state index contributed by atoms with van der Waals surface area (Å²) in [5, 5.41) is 0. The Morgan fingerprint density at radius 3 is 2.21 bits per heavy atom. The van der Waals surface area contributed by atoms with E-state index >= 15 is 0 Å². The lowest BCUT2D eigenvalue weighted by Crippen LogP contribution is -2.11. The van der Waals surface area contributed by atoms with Gasteiger partial charge in [-0.3, -0.25) is 0 Å². The highest BCUT2D eigenvalue weighted by molar-refractivity contribution is 7.87. The van der Waals surface area contributed by atoms with Crippen LogP contribution in [-0.2, 0) is 10.1 Å². The monoisotopic (exact) mass is 278 g/mol. The number of hydrogen-bond donors (Lipinski definition) is 0. The Bertz CT molecular complexity index is 660. The molecular formula is C14H14O4S. The number of methoxy groups -OCH3 is 1. The molecule has 0 saturated heterocycles. The van der Waals surface area contributed by atoms with Gasteiger partial charge in [-0.2, -0.15) is 8.42 Å². The Morgan fingerprint density at radius 1 is 0.947 bits per heavy atom. The largest absolute Gasteiger partial charge is 0.495 e. The third kappa shape index (κ3) is 3.06. The highest BCUT2D eigenvalue weighted by Gasteiger charge is 2.21. The second kappa shape index (κ2) is 5.32. The first-order valence-corrected chi connectivity index (χ1v) is 7.08. The normalized spacial score (nSPS) is 11.1. The van der Waals surface area contributed by atoms with Crippen LogP contribution < -0.4 is 8.92 Å². The summed E-state index contributed by atoms with van der Waals surface area (Å²) in [7, 11) is -2.48. The zero-order valence-corrected chi connectivity index (χ0v) is 11.5. The van der Waals surface area contributed by atoms with Gasteiger partial charge >= 0.3 is 10.1 Å². The van der Waals surface area contributed by atoms with Crippen LogP contribution in [0, 0.1) is 6.92 Å². The standard InChI is InChI=1S/C14H14O4S/c1-11-7-9-12(10-8-11)18-19(15,16)14-6-4-3-5-13(14)17-2/h3-10H,1-2H3. The second-order valence-corrected chi connectivity index (χ2v) is 5.52. The summed E-state index contributed by atoms with van der Waals surface area (Å²) in [5.74, 6) is 0.533. The van der Waals surface area contributed by atoms with Gasteiger partial charge in [0.2, 0.25) is 0 Å². The molecule has 0 spiro atoms. The molecule has 2 rings (SSSR count). The lowest BCUT2D eigenvalue weighted by Gasteiger charge is -2.10. The SMILES string of the molecule is COc1ccccc1S(=O)(=O)Oc1ccc(C)cc1. The van der Waals surface area contributed by atoms with Crippen LogP contribution in [0.3, 0.4) is 0 Å².